The summed E-state index contributed by atoms with van der Waals surface area (Å²) < 4.78 is 39.9. The topological polar surface area (TPSA) is 76.1 Å². The van der Waals surface area contributed by atoms with Gasteiger partial charge in [0.1, 0.15) is 0 Å². The summed E-state index contributed by atoms with van der Waals surface area (Å²) in [5.41, 5.74) is -1.49. The van der Waals surface area contributed by atoms with E-state index in [1.165, 1.54) is 11.0 Å². The molecule has 1 aromatic carbocycles. The van der Waals surface area contributed by atoms with E-state index in [0.717, 1.165) is 76.3 Å². The summed E-state index contributed by atoms with van der Waals surface area (Å²) in [6.07, 6.45) is 3.85. The van der Waals surface area contributed by atoms with Crippen molar-refractivity contribution in [3.8, 4) is 0 Å². The van der Waals surface area contributed by atoms with Crippen molar-refractivity contribution in [3.63, 3.8) is 0 Å². The minimum atomic E-state index is -4.49. The molecule has 3 fully saturated rings. The second-order valence-corrected chi connectivity index (χ2v) is 10.9. The number of carbonyl (C=O) groups excluding carboxylic acids is 2. The summed E-state index contributed by atoms with van der Waals surface area (Å²) in [6.45, 7) is 3.44. The molecular weight excluding hydrogens is 473 g/mol. The standard InChI is InChI=1S/C26H37F3N4O3/c1-25(2)22(33(36)23(34)30-20-12-5-3-6-13-20)32(21-14-7-4-8-15-21)24(35)31(25)17-18-10-9-11-19(16-18)26(27,28)29/h9-11,16,20-22,36H,3-8,12-15,17H2,1-2H3,(H,30,34). The van der Waals surface area contributed by atoms with E-state index in [9.17, 15) is 28.0 Å². The third-order valence-electron chi connectivity index (χ3n) is 7.98. The highest BCUT2D eigenvalue weighted by atomic mass is 19.4. The number of alkyl halides is 3. The molecule has 1 unspecified atom stereocenters. The lowest BCUT2D eigenvalue weighted by Crippen LogP contribution is -2.61. The molecule has 7 nitrogen and oxygen atoms in total. The Bertz CT molecular complexity index is 943. The number of nitrogens with one attached hydrogen (secondary N) is 1. The van der Waals surface area contributed by atoms with Crippen LogP contribution in [0.4, 0.5) is 22.8 Å². The molecule has 0 aromatic heterocycles. The zero-order valence-corrected chi connectivity index (χ0v) is 21.1. The highest BCUT2D eigenvalue weighted by Crippen LogP contribution is 2.40. The molecule has 0 bridgehead atoms. The minimum absolute atomic E-state index is 0.0227. The number of benzene rings is 1. The molecule has 0 radical (unpaired) electrons. The molecule has 1 saturated heterocycles. The van der Waals surface area contributed by atoms with Crippen molar-refractivity contribution in [1.29, 1.82) is 0 Å². The third kappa shape index (κ3) is 5.43. The number of halogens is 3. The van der Waals surface area contributed by atoms with E-state index in [4.69, 9.17) is 0 Å². The summed E-state index contributed by atoms with van der Waals surface area (Å²) in [6, 6.07) is 3.75. The first-order valence-electron chi connectivity index (χ1n) is 13.0. The average molecular weight is 511 g/mol. The number of carbonyl (C=O) groups is 2. The number of amides is 4. The van der Waals surface area contributed by atoms with Gasteiger partial charge < -0.3 is 10.2 Å². The molecule has 4 rings (SSSR count). The lowest BCUT2D eigenvalue weighted by Gasteiger charge is -2.41. The lowest BCUT2D eigenvalue weighted by molar-refractivity contribution is -0.141. The largest absolute Gasteiger partial charge is 0.416 e. The number of hydrogen-bond acceptors (Lipinski definition) is 3. The Morgan fingerprint density at radius 2 is 1.69 bits per heavy atom. The van der Waals surface area contributed by atoms with Gasteiger partial charge in [0.2, 0.25) is 0 Å². The summed E-state index contributed by atoms with van der Waals surface area (Å²) >= 11 is 0. The second-order valence-electron chi connectivity index (χ2n) is 10.9. The molecule has 36 heavy (non-hydrogen) atoms. The van der Waals surface area contributed by atoms with E-state index >= 15 is 0 Å². The van der Waals surface area contributed by atoms with Gasteiger partial charge in [0, 0.05) is 18.6 Å². The molecule has 2 aliphatic carbocycles. The SMILES string of the molecule is CC1(C)C(N(O)C(=O)NC2CCCCC2)N(C2CCCCC2)C(=O)N1Cc1cccc(C(F)(F)F)c1. The van der Waals surface area contributed by atoms with Crippen LogP contribution in [0.3, 0.4) is 0 Å². The third-order valence-corrected chi connectivity index (χ3v) is 7.98. The molecule has 1 heterocycles. The van der Waals surface area contributed by atoms with Crippen LogP contribution in [0.5, 0.6) is 0 Å². The fourth-order valence-corrected chi connectivity index (χ4v) is 6.00. The van der Waals surface area contributed by atoms with Crippen molar-refractivity contribution in [3.05, 3.63) is 35.4 Å². The lowest BCUT2D eigenvalue weighted by atomic mass is 9.92. The van der Waals surface area contributed by atoms with Crippen LogP contribution in [0.2, 0.25) is 0 Å². The summed E-state index contributed by atoms with van der Waals surface area (Å²) in [7, 11) is 0. The van der Waals surface area contributed by atoms with Gasteiger partial charge in [0.25, 0.3) is 0 Å². The van der Waals surface area contributed by atoms with Crippen LogP contribution >= 0.6 is 0 Å². The fourth-order valence-electron chi connectivity index (χ4n) is 6.00. The first-order valence-corrected chi connectivity index (χ1v) is 13.0. The highest BCUT2D eigenvalue weighted by molar-refractivity contribution is 5.81. The molecule has 1 aromatic rings. The molecule has 10 heteroatoms. The Morgan fingerprint density at radius 1 is 1.08 bits per heavy atom. The molecule has 1 atom stereocenters. The van der Waals surface area contributed by atoms with Gasteiger partial charge >= 0.3 is 18.2 Å². The smallest absolute Gasteiger partial charge is 0.333 e. The zero-order chi connectivity index (χ0) is 26.1. The highest BCUT2D eigenvalue weighted by Gasteiger charge is 2.57. The van der Waals surface area contributed by atoms with Gasteiger partial charge in [-0.15, -0.1) is 0 Å². The Hall–Kier alpha value is -2.49. The molecule has 1 aliphatic heterocycles. The van der Waals surface area contributed by atoms with E-state index in [1.54, 1.807) is 24.8 Å². The fraction of sp³-hybridized carbons (Fsp3) is 0.692. The molecule has 4 amide bonds. The van der Waals surface area contributed by atoms with E-state index < -0.39 is 29.5 Å². The van der Waals surface area contributed by atoms with E-state index in [-0.39, 0.29) is 24.7 Å². The first kappa shape index (κ1) is 26.6. The Balaban J connectivity index is 1.61. The van der Waals surface area contributed by atoms with Gasteiger partial charge in [0.15, 0.2) is 6.17 Å². The Morgan fingerprint density at radius 3 is 2.31 bits per heavy atom. The van der Waals surface area contributed by atoms with Crippen LogP contribution in [-0.4, -0.2) is 55.9 Å². The predicted octanol–water partition coefficient (Wildman–Crippen LogP) is 6.11. The van der Waals surface area contributed by atoms with Crippen molar-refractivity contribution in [2.75, 3.05) is 0 Å². The quantitative estimate of drug-likeness (QED) is 0.371. The summed E-state index contributed by atoms with van der Waals surface area (Å²) in [4.78, 5) is 30.0. The number of hydrogen-bond donors (Lipinski definition) is 2. The minimum Gasteiger partial charge on any atom is -0.333 e. The molecule has 3 aliphatic rings. The average Bonchev–Trinajstić information content (AvgIpc) is 3.04. The van der Waals surface area contributed by atoms with Crippen LogP contribution in [0, 0.1) is 0 Å². The van der Waals surface area contributed by atoms with Crippen molar-refractivity contribution in [2.45, 2.75) is 115 Å². The predicted molar refractivity (Wildman–Crippen MR) is 128 cm³/mol. The van der Waals surface area contributed by atoms with Crippen molar-refractivity contribution in [1.82, 2.24) is 20.2 Å². The van der Waals surface area contributed by atoms with Crippen molar-refractivity contribution in [2.24, 2.45) is 0 Å². The second kappa shape index (κ2) is 10.5. The first-order chi connectivity index (χ1) is 17.0. The van der Waals surface area contributed by atoms with E-state index in [0.29, 0.717) is 10.6 Å². The van der Waals surface area contributed by atoms with Crippen LogP contribution in [0.1, 0.15) is 89.2 Å². The molecular formula is C26H37F3N4O3. The Kier molecular flexibility index (Phi) is 7.73. The normalized spacial score (nSPS) is 23.7. The van der Waals surface area contributed by atoms with Crippen molar-refractivity contribution < 1.29 is 28.0 Å². The maximum absolute atomic E-state index is 13.8. The van der Waals surface area contributed by atoms with Crippen molar-refractivity contribution >= 4 is 12.1 Å². The van der Waals surface area contributed by atoms with Crippen LogP contribution in [0.15, 0.2) is 24.3 Å². The van der Waals surface area contributed by atoms with Gasteiger partial charge in [-0.05, 0) is 57.2 Å². The van der Waals surface area contributed by atoms with E-state index in [2.05, 4.69) is 5.32 Å². The van der Waals surface area contributed by atoms with E-state index in [1.807, 2.05) is 0 Å². The van der Waals surface area contributed by atoms with Gasteiger partial charge in [-0.3, -0.25) is 10.1 Å². The molecule has 2 N–H and O–H groups in total. The maximum atomic E-state index is 13.8. The van der Waals surface area contributed by atoms with Gasteiger partial charge in [-0.25, -0.2) is 9.59 Å². The van der Waals surface area contributed by atoms with Gasteiger partial charge in [-0.1, -0.05) is 50.7 Å². The van der Waals surface area contributed by atoms with Crippen LogP contribution in [-0.2, 0) is 12.7 Å². The van der Waals surface area contributed by atoms with Crippen LogP contribution < -0.4 is 5.32 Å². The van der Waals surface area contributed by atoms with Crippen LogP contribution in [0.25, 0.3) is 0 Å². The molecule has 2 saturated carbocycles. The zero-order valence-electron chi connectivity index (χ0n) is 21.1. The number of nitrogens with zero attached hydrogens (tertiary/aromatic N) is 3. The summed E-state index contributed by atoms with van der Waals surface area (Å²) in [5, 5.41) is 14.8. The Labute approximate surface area is 210 Å². The monoisotopic (exact) mass is 510 g/mol. The summed E-state index contributed by atoms with van der Waals surface area (Å²) in [5.74, 6) is 0. The number of hydroxylamine groups is 2. The van der Waals surface area contributed by atoms with Gasteiger partial charge in [0.05, 0.1) is 11.1 Å². The molecule has 0 spiro atoms. The number of urea groups is 2. The number of rotatable bonds is 5. The maximum Gasteiger partial charge on any atom is 0.416 e. The molecule has 200 valence electrons. The van der Waals surface area contributed by atoms with Gasteiger partial charge in [-0.2, -0.15) is 18.2 Å².